The highest BCUT2D eigenvalue weighted by atomic mass is 32.1. The average molecular weight is 532 g/mol. The van der Waals surface area contributed by atoms with Crippen molar-refractivity contribution in [3.05, 3.63) is 100 Å². The standard InChI is InChI=1S/C29H26FN3O4S/c1-19-32-25(27(38-19)21-10-12-22(30)13-11-21)29(35)33(18-20-6-3-2-4-7-20)15-14-31-28(34)23-8-5-9-24-26(23)37-17-16-36-24/h2-13H,14-18H2,1H3,(H,31,34). The van der Waals surface area contributed by atoms with Gasteiger partial charge in [0.2, 0.25) is 0 Å². The lowest BCUT2D eigenvalue weighted by molar-refractivity contribution is 0.0731. The summed E-state index contributed by atoms with van der Waals surface area (Å²) in [7, 11) is 0. The molecule has 194 valence electrons. The molecule has 0 fully saturated rings. The smallest absolute Gasteiger partial charge is 0.274 e. The number of carbonyl (C=O) groups excluding carboxylic acids is 2. The van der Waals surface area contributed by atoms with Crippen LogP contribution in [0.1, 0.15) is 31.4 Å². The molecule has 9 heteroatoms. The minimum absolute atomic E-state index is 0.219. The number of fused-ring (bicyclic) bond motifs is 1. The van der Waals surface area contributed by atoms with Crippen molar-refractivity contribution in [1.29, 1.82) is 0 Å². The predicted octanol–water partition coefficient (Wildman–Crippen LogP) is 5.10. The molecule has 1 aliphatic rings. The first-order valence-corrected chi connectivity index (χ1v) is 13.0. The number of hydrogen-bond donors (Lipinski definition) is 1. The van der Waals surface area contributed by atoms with E-state index in [4.69, 9.17) is 9.47 Å². The first-order chi connectivity index (χ1) is 18.5. The van der Waals surface area contributed by atoms with Crippen molar-refractivity contribution < 1.29 is 23.5 Å². The van der Waals surface area contributed by atoms with Gasteiger partial charge in [0.25, 0.3) is 11.8 Å². The number of nitrogens with one attached hydrogen (secondary N) is 1. The highest BCUT2D eigenvalue weighted by Gasteiger charge is 2.25. The molecule has 38 heavy (non-hydrogen) atoms. The van der Waals surface area contributed by atoms with E-state index in [1.54, 1.807) is 35.2 Å². The summed E-state index contributed by atoms with van der Waals surface area (Å²) >= 11 is 1.39. The van der Waals surface area contributed by atoms with Crippen LogP contribution in [-0.2, 0) is 6.54 Å². The van der Waals surface area contributed by atoms with Crippen molar-refractivity contribution >= 4 is 23.2 Å². The normalized spacial score (nSPS) is 12.2. The molecule has 0 aliphatic carbocycles. The predicted molar refractivity (Wildman–Crippen MR) is 143 cm³/mol. The minimum atomic E-state index is -0.346. The number of hydrogen-bond acceptors (Lipinski definition) is 6. The second-order valence-electron chi connectivity index (χ2n) is 8.72. The summed E-state index contributed by atoms with van der Waals surface area (Å²) in [5.74, 6) is 0.0462. The van der Waals surface area contributed by atoms with E-state index in [9.17, 15) is 14.0 Å². The number of amides is 2. The largest absolute Gasteiger partial charge is 0.486 e. The third-order valence-corrected chi connectivity index (χ3v) is 7.04. The highest BCUT2D eigenvalue weighted by Crippen LogP contribution is 2.34. The van der Waals surface area contributed by atoms with Crippen LogP contribution in [0.4, 0.5) is 4.39 Å². The fourth-order valence-corrected chi connectivity index (χ4v) is 5.14. The molecular weight excluding hydrogens is 505 g/mol. The Hall–Kier alpha value is -4.24. The van der Waals surface area contributed by atoms with Crippen molar-refractivity contribution in [3.8, 4) is 21.9 Å². The van der Waals surface area contributed by atoms with Gasteiger partial charge in [0.1, 0.15) is 24.7 Å². The molecule has 2 amide bonds. The van der Waals surface area contributed by atoms with Gasteiger partial charge in [0.05, 0.1) is 15.4 Å². The maximum Gasteiger partial charge on any atom is 0.274 e. The van der Waals surface area contributed by atoms with Crippen LogP contribution in [0, 0.1) is 12.7 Å². The molecule has 4 aromatic rings. The number of carbonyl (C=O) groups is 2. The third-order valence-electron chi connectivity index (χ3n) is 6.02. The number of aromatic nitrogens is 1. The summed E-state index contributed by atoms with van der Waals surface area (Å²) in [6.45, 7) is 3.46. The molecule has 0 saturated heterocycles. The zero-order valence-corrected chi connectivity index (χ0v) is 21.6. The number of nitrogens with zero attached hydrogens (tertiary/aromatic N) is 2. The lowest BCUT2D eigenvalue weighted by atomic mass is 10.1. The number of ether oxygens (including phenoxy) is 2. The van der Waals surface area contributed by atoms with Gasteiger partial charge in [-0.05, 0) is 42.3 Å². The molecule has 0 atom stereocenters. The number of thiazole rings is 1. The number of rotatable bonds is 8. The second-order valence-corrected chi connectivity index (χ2v) is 9.92. The SMILES string of the molecule is Cc1nc(C(=O)N(CCNC(=O)c2cccc3c2OCCO3)Cc2ccccc2)c(-c2ccc(F)cc2)s1. The maximum absolute atomic E-state index is 13.8. The lowest BCUT2D eigenvalue weighted by Crippen LogP contribution is -2.38. The number of benzene rings is 3. The van der Waals surface area contributed by atoms with E-state index in [1.807, 2.05) is 37.3 Å². The molecule has 1 aromatic heterocycles. The Bertz CT molecular complexity index is 1440. The van der Waals surface area contributed by atoms with Gasteiger partial charge in [-0.25, -0.2) is 9.37 Å². The topological polar surface area (TPSA) is 80.8 Å². The average Bonchev–Trinajstić information content (AvgIpc) is 3.34. The summed E-state index contributed by atoms with van der Waals surface area (Å²) < 4.78 is 24.8. The van der Waals surface area contributed by atoms with Crippen LogP contribution in [-0.4, -0.2) is 48.0 Å². The van der Waals surface area contributed by atoms with Crippen molar-refractivity contribution in [3.63, 3.8) is 0 Å². The Kier molecular flexibility index (Phi) is 7.65. The number of aryl methyl sites for hydroxylation is 1. The summed E-state index contributed by atoms with van der Waals surface area (Å²) in [5, 5.41) is 3.63. The Balaban J connectivity index is 1.35. The fraction of sp³-hybridized carbons (Fsp3) is 0.207. The van der Waals surface area contributed by atoms with Gasteiger partial charge in [0.15, 0.2) is 11.5 Å². The van der Waals surface area contributed by atoms with Gasteiger partial charge in [0, 0.05) is 19.6 Å². The third kappa shape index (κ3) is 5.68. The van der Waals surface area contributed by atoms with Crippen LogP contribution in [0.25, 0.3) is 10.4 Å². The highest BCUT2D eigenvalue weighted by molar-refractivity contribution is 7.15. The van der Waals surface area contributed by atoms with Crippen LogP contribution >= 0.6 is 11.3 Å². The molecule has 1 aliphatic heterocycles. The Morgan fingerprint density at radius 1 is 1.00 bits per heavy atom. The zero-order chi connectivity index (χ0) is 26.5. The molecule has 3 aromatic carbocycles. The second kappa shape index (κ2) is 11.4. The van der Waals surface area contributed by atoms with Gasteiger partial charge in [-0.1, -0.05) is 48.5 Å². The molecular formula is C29H26FN3O4S. The van der Waals surface area contributed by atoms with Crippen LogP contribution in [0.15, 0.2) is 72.8 Å². The Morgan fingerprint density at radius 3 is 2.55 bits per heavy atom. The lowest BCUT2D eigenvalue weighted by Gasteiger charge is -2.23. The molecule has 0 bridgehead atoms. The zero-order valence-electron chi connectivity index (χ0n) is 20.8. The number of halogens is 1. The van der Waals surface area contributed by atoms with Crippen LogP contribution < -0.4 is 14.8 Å². The van der Waals surface area contributed by atoms with E-state index in [1.165, 1.54) is 23.5 Å². The molecule has 0 unspecified atom stereocenters. The van der Waals surface area contributed by atoms with Crippen molar-refractivity contribution in [2.75, 3.05) is 26.3 Å². The Morgan fingerprint density at radius 2 is 1.76 bits per heavy atom. The van der Waals surface area contributed by atoms with Gasteiger partial charge < -0.3 is 19.7 Å². The van der Waals surface area contributed by atoms with Crippen LogP contribution in [0.5, 0.6) is 11.5 Å². The van der Waals surface area contributed by atoms with E-state index in [0.717, 1.165) is 16.1 Å². The molecule has 1 N–H and O–H groups in total. The molecule has 0 spiro atoms. The molecule has 7 nitrogen and oxygen atoms in total. The minimum Gasteiger partial charge on any atom is -0.486 e. The molecule has 5 rings (SSSR count). The molecule has 0 radical (unpaired) electrons. The summed E-state index contributed by atoms with van der Waals surface area (Å²) in [4.78, 5) is 33.7. The summed E-state index contributed by atoms with van der Waals surface area (Å²) in [6, 6.07) is 20.9. The fourth-order valence-electron chi connectivity index (χ4n) is 4.23. The number of para-hydroxylation sites is 1. The summed E-state index contributed by atoms with van der Waals surface area (Å²) in [6.07, 6.45) is 0. The van der Waals surface area contributed by atoms with Crippen molar-refractivity contribution in [1.82, 2.24) is 15.2 Å². The monoisotopic (exact) mass is 531 g/mol. The van der Waals surface area contributed by atoms with Crippen molar-refractivity contribution in [2.45, 2.75) is 13.5 Å². The maximum atomic E-state index is 13.8. The van der Waals surface area contributed by atoms with Crippen molar-refractivity contribution in [2.24, 2.45) is 0 Å². The first kappa shape index (κ1) is 25.4. The van der Waals surface area contributed by atoms with Crippen LogP contribution in [0.2, 0.25) is 0 Å². The first-order valence-electron chi connectivity index (χ1n) is 12.2. The Labute approximate surface area is 223 Å². The molecule has 2 heterocycles. The van der Waals surface area contributed by atoms with Crippen LogP contribution in [0.3, 0.4) is 0 Å². The van der Waals surface area contributed by atoms with E-state index >= 15 is 0 Å². The van der Waals surface area contributed by atoms with Gasteiger partial charge in [-0.15, -0.1) is 11.3 Å². The quantitative estimate of drug-likeness (QED) is 0.342. The van der Waals surface area contributed by atoms with E-state index in [-0.39, 0.29) is 30.7 Å². The van der Waals surface area contributed by atoms with Gasteiger partial charge in [-0.2, -0.15) is 0 Å². The summed E-state index contributed by atoms with van der Waals surface area (Å²) in [5.41, 5.74) is 2.37. The van der Waals surface area contributed by atoms with Gasteiger partial charge >= 0.3 is 0 Å². The van der Waals surface area contributed by atoms with Gasteiger partial charge in [-0.3, -0.25) is 9.59 Å². The molecule has 0 saturated carbocycles. The van der Waals surface area contributed by atoms with E-state index < -0.39 is 0 Å². The van der Waals surface area contributed by atoms with E-state index in [0.29, 0.717) is 47.4 Å². The van der Waals surface area contributed by atoms with E-state index in [2.05, 4.69) is 10.3 Å².